The first kappa shape index (κ1) is 14.9. The molecule has 1 aromatic carbocycles. The Kier molecular flexibility index (Phi) is 4.69. The highest BCUT2D eigenvalue weighted by Crippen LogP contribution is 2.31. The van der Waals surface area contributed by atoms with Crippen molar-refractivity contribution in [3.05, 3.63) is 29.3 Å². The first-order valence-corrected chi connectivity index (χ1v) is 7.03. The van der Waals surface area contributed by atoms with E-state index in [2.05, 4.69) is 36.7 Å². The molecule has 1 aromatic rings. The average molecular weight is 273 g/mol. The van der Waals surface area contributed by atoms with Crippen molar-refractivity contribution in [3.8, 4) is 17.6 Å². The molecule has 0 saturated carbocycles. The third-order valence-electron chi connectivity index (χ3n) is 3.74. The molecule has 1 saturated heterocycles. The predicted octanol–water partition coefficient (Wildman–Crippen LogP) is 2.27. The van der Waals surface area contributed by atoms with Crippen molar-refractivity contribution in [2.75, 3.05) is 26.8 Å². The number of hydrogen-bond donors (Lipinski definition) is 1. The van der Waals surface area contributed by atoms with Crippen LogP contribution in [0.2, 0.25) is 0 Å². The van der Waals surface area contributed by atoms with Crippen molar-refractivity contribution in [2.45, 2.75) is 26.8 Å². The molecule has 3 heteroatoms. The van der Waals surface area contributed by atoms with Crippen LogP contribution in [0.5, 0.6) is 5.75 Å². The lowest BCUT2D eigenvalue weighted by molar-refractivity contribution is 0.279. The summed E-state index contributed by atoms with van der Waals surface area (Å²) in [5.41, 5.74) is 2.49. The molecule has 1 fully saturated rings. The van der Waals surface area contributed by atoms with Crippen molar-refractivity contribution >= 4 is 0 Å². The maximum Gasteiger partial charge on any atom is 0.123 e. The molecule has 0 spiro atoms. The van der Waals surface area contributed by atoms with Crippen molar-refractivity contribution in [1.82, 2.24) is 4.90 Å². The minimum atomic E-state index is -0.109. The maximum absolute atomic E-state index is 8.78. The molecule has 20 heavy (non-hydrogen) atoms. The van der Waals surface area contributed by atoms with E-state index in [1.54, 1.807) is 7.11 Å². The molecule has 0 aliphatic carbocycles. The molecule has 108 valence electrons. The van der Waals surface area contributed by atoms with Gasteiger partial charge in [0.2, 0.25) is 0 Å². The highest BCUT2D eigenvalue weighted by Gasteiger charge is 2.29. The van der Waals surface area contributed by atoms with Gasteiger partial charge in [0.1, 0.15) is 12.4 Å². The molecule has 0 atom stereocenters. The van der Waals surface area contributed by atoms with Gasteiger partial charge in [-0.3, -0.25) is 4.90 Å². The van der Waals surface area contributed by atoms with Crippen LogP contribution in [0.25, 0.3) is 0 Å². The summed E-state index contributed by atoms with van der Waals surface area (Å²) < 4.78 is 5.44. The number of nitrogens with zero attached hydrogens (tertiary/aromatic N) is 1. The Morgan fingerprint density at radius 3 is 2.80 bits per heavy atom. The second kappa shape index (κ2) is 6.30. The number of rotatable bonds is 3. The molecular weight excluding hydrogens is 250 g/mol. The third kappa shape index (κ3) is 3.75. The maximum atomic E-state index is 8.78. The molecule has 0 bridgehead atoms. The molecule has 0 aromatic heterocycles. The fraction of sp³-hybridized carbons (Fsp3) is 0.529. The van der Waals surface area contributed by atoms with Gasteiger partial charge in [-0.2, -0.15) is 0 Å². The molecule has 1 heterocycles. The highest BCUT2D eigenvalue weighted by atomic mass is 16.5. The number of aliphatic hydroxyl groups excluding tert-OH is 1. The molecule has 1 N–H and O–H groups in total. The lowest BCUT2D eigenvalue weighted by atomic mass is 9.93. The summed E-state index contributed by atoms with van der Waals surface area (Å²) in [6.07, 6.45) is 1.24. The van der Waals surface area contributed by atoms with Gasteiger partial charge in [0.05, 0.1) is 7.11 Å². The second-order valence-corrected chi connectivity index (χ2v) is 6.11. The third-order valence-corrected chi connectivity index (χ3v) is 3.74. The van der Waals surface area contributed by atoms with E-state index in [4.69, 9.17) is 9.84 Å². The largest absolute Gasteiger partial charge is 0.496 e. The Hall–Kier alpha value is -1.50. The van der Waals surface area contributed by atoms with Gasteiger partial charge in [-0.1, -0.05) is 25.7 Å². The number of aliphatic hydroxyl groups is 1. The van der Waals surface area contributed by atoms with Gasteiger partial charge in [0.15, 0.2) is 0 Å². The summed E-state index contributed by atoms with van der Waals surface area (Å²) >= 11 is 0. The van der Waals surface area contributed by atoms with Gasteiger partial charge in [0, 0.05) is 24.2 Å². The highest BCUT2D eigenvalue weighted by molar-refractivity contribution is 5.44. The van der Waals surface area contributed by atoms with Crippen LogP contribution in [0.3, 0.4) is 0 Å². The fourth-order valence-corrected chi connectivity index (χ4v) is 2.72. The van der Waals surface area contributed by atoms with Crippen LogP contribution in [0.1, 0.15) is 31.4 Å². The molecule has 0 amide bonds. The normalized spacial score (nSPS) is 17.6. The SMILES string of the molecule is COc1ccc(C#CCO)cc1CN1CCC(C)(C)C1. The van der Waals surface area contributed by atoms with Crippen LogP contribution in [-0.4, -0.2) is 36.8 Å². The van der Waals surface area contributed by atoms with Gasteiger partial charge in [-0.05, 0) is 36.6 Å². The Balaban J connectivity index is 2.16. The molecule has 0 radical (unpaired) electrons. The van der Waals surface area contributed by atoms with Crippen LogP contribution in [0, 0.1) is 17.3 Å². The van der Waals surface area contributed by atoms with Crippen LogP contribution in [0.4, 0.5) is 0 Å². The van der Waals surface area contributed by atoms with Gasteiger partial charge >= 0.3 is 0 Å². The summed E-state index contributed by atoms with van der Waals surface area (Å²) in [5.74, 6) is 6.55. The summed E-state index contributed by atoms with van der Waals surface area (Å²) in [6.45, 7) is 7.65. The van der Waals surface area contributed by atoms with E-state index in [0.29, 0.717) is 5.41 Å². The summed E-state index contributed by atoms with van der Waals surface area (Å²) in [7, 11) is 1.70. The zero-order valence-corrected chi connectivity index (χ0v) is 12.6. The van der Waals surface area contributed by atoms with Crippen LogP contribution >= 0.6 is 0 Å². The van der Waals surface area contributed by atoms with Gasteiger partial charge in [-0.15, -0.1) is 0 Å². The van der Waals surface area contributed by atoms with Crippen LogP contribution in [-0.2, 0) is 6.54 Å². The topological polar surface area (TPSA) is 32.7 Å². The summed E-state index contributed by atoms with van der Waals surface area (Å²) in [6, 6.07) is 5.95. The molecule has 1 aliphatic rings. The Morgan fingerprint density at radius 1 is 1.40 bits per heavy atom. The lowest BCUT2D eigenvalue weighted by Crippen LogP contribution is -2.23. The van der Waals surface area contributed by atoms with Gasteiger partial charge in [-0.25, -0.2) is 0 Å². The van der Waals surface area contributed by atoms with E-state index in [1.165, 1.54) is 6.42 Å². The number of likely N-dealkylation sites (tertiary alicyclic amines) is 1. The standard InChI is InChI=1S/C17H23NO2/c1-17(2)8-9-18(13-17)12-15-11-14(5-4-10-19)6-7-16(15)20-3/h6-7,11,19H,8-10,12-13H2,1-3H3. The van der Waals surface area contributed by atoms with E-state index in [9.17, 15) is 0 Å². The Morgan fingerprint density at radius 2 is 2.20 bits per heavy atom. The average Bonchev–Trinajstić information content (AvgIpc) is 2.76. The number of benzene rings is 1. The van der Waals surface area contributed by atoms with E-state index < -0.39 is 0 Å². The van der Waals surface area contributed by atoms with E-state index in [1.807, 2.05) is 12.1 Å². The predicted molar refractivity (Wildman–Crippen MR) is 80.6 cm³/mol. The lowest BCUT2D eigenvalue weighted by Gasteiger charge is -2.20. The monoisotopic (exact) mass is 273 g/mol. The van der Waals surface area contributed by atoms with Crippen molar-refractivity contribution < 1.29 is 9.84 Å². The number of hydrogen-bond acceptors (Lipinski definition) is 3. The second-order valence-electron chi connectivity index (χ2n) is 6.11. The minimum Gasteiger partial charge on any atom is -0.496 e. The number of ether oxygens (including phenoxy) is 1. The van der Waals surface area contributed by atoms with Gasteiger partial charge < -0.3 is 9.84 Å². The molecule has 0 unspecified atom stereocenters. The minimum absolute atomic E-state index is 0.109. The van der Waals surface area contributed by atoms with Gasteiger partial charge in [0.25, 0.3) is 0 Å². The van der Waals surface area contributed by atoms with Crippen molar-refractivity contribution in [2.24, 2.45) is 5.41 Å². The van der Waals surface area contributed by atoms with Crippen LogP contribution in [0.15, 0.2) is 18.2 Å². The summed E-state index contributed by atoms with van der Waals surface area (Å²) in [5, 5.41) is 8.78. The van der Waals surface area contributed by atoms with E-state index >= 15 is 0 Å². The van der Waals surface area contributed by atoms with E-state index in [-0.39, 0.29) is 6.61 Å². The molecule has 1 aliphatic heterocycles. The first-order chi connectivity index (χ1) is 9.54. The van der Waals surface area contributed by atoms with Crippen molar-refractivity contribution in [1.29, 1.82) is 0 Å². The zero-order chi connectivity index (χ0) is 14.6. The van der Waals surface area contributed by atoms with E-state index in [0.717, 1.165) is 36.5 Å². The smallest absolute Gasteiger partial charge is 0.123 e. The first-order valence-electron chi connectivity index (χ1n) is 7.03. The quantitative estimate of drug-likeness (QED) is 0.858. The molecular formula is C17H23NO2. The Bertz CT molecular complexity index is 526. The fourth-order valence-electron chi connectivity index (χ4n) is 2.72. The van der Waals surface area contributed by atoms with Crippen LogP contribution < -0.4 is 4.74 Å². The number of methoxy groups -OCH3 is 1. The summed E-state index contributed by atoms with van der Waals surface area (Å²) in [4.78, 5) is 2.46. The molecule has 2 rings (SSSR count). The van der Waals surface area contributed by atoms with Crippen molar-refractivity contribution in [3.63, 3.8) is 0 Å². The molecule has 3 nitrogen and oxygen atoms in total. The zero-order valence-electron chi connectivity index (χ0n) is 12.6. The Labute approximate surface area is 121 Å².